The minimum absolute atomic E-state index is 0.586. The van der Waals surface area contributed by atoms with Gasteiger partial charge in [0.25, 0.3) is 0 Å². The molecule has 0 aliphatic heterocycles. The van der Waals surface area contributed by atoms with Crippen molar-refractivity contribution in [2.45, 2.75) is 6.54 Å². The highest BCUT2D eigenvalue weighted by molar-refractivity contribution is 6.30. The van der Waals surface area contributed by atoms with Crippen LogP contribution in [-0.2, 0) is 11.3 Å². The molecule has 0 bridgehead atoms. The van der Waals surface area contributed by atoms with E-state index in [-0.39, 0.29) is 0 Å². The number of halogens is 1. The van der Waals surface area contributed by atoms with E-state index in [0.29, 0.717) is 25.6 Å². The van der Waals surface area contributed by atoms with Gasteiger partial charge in [-0.3, -0.25) is 0 Å². The van der Waals surface area contributed by atoms with Gasteiger partial charge in [0.2, 0.25) is 5.95 Å². The first-order chi connectivity index (χ1) is 9.78. The van der Waals surface area contributed by atoms with Crippen molar-refractivity contribution in [3.05, 3.63) is 47.1 Å². The zero-order chi connectivity index (χ0) is 14.2. The summed E-state index contributed by atoms with van der Waals surface area (Å²) >= 11 is 5.85. The molecule has 0 unspecified atom stereocenters. The molecule has 6 heteroatoms. The molecular formula is C14H17ClN4O. The number of nitrogens with one attached hydrogen (secondary N) is 2. The Morgan fingerprint density at radius 3 is 2.70 bits per heavy atom. The number of methoxy groups -OCH3 is 1. The predicted molar refractivity (Wildman–Crippen MR) is 81.2 cm³/mol. The third kappa shape index (κ3) is 4.68. The molecular weight excluding hydrogens is 276 g/mol. The number of hydrogen-bond donors (Lipinski definition) is 2. The Hall–Kier alpha value is -1.85. The SMILES string of the molecule is COCCNc1ccnc(NCc2ccc(Cl)cc2)n1. The topological polar surface area (TPSA) is 59.1 Å². The van der Waals surface area contributed by atoms with Gasteiger partial charge >= 0.3 is 0 Å². The van der Waals surface area contributed by atoms with Gasteiger partial charge in [-0.25, -0.2) is 4.98 Å². The van der Waals surface area contributed by atoms with E-state index in [2.05, 4.69) is 20.6 Å². The van der Waals surface area contributed by atoms with E-state index < -0.39 is 0 Å². The van der Waals surface area contributed by atoms with Crippen molar-refractivity contribution < 1.29 is 4.74 Å². The van der Waals surface area contributed by atoms with Crippen molar-refractivity contribution in [1.82, 2.24) is 9.97 Å². The average molecular weight is 293 g/mol. The summed E-state index contributed by atoms with van der Waals surface area (Å²) < 4.78 is 4.98. The van der Waals surface area contributed by atoms with Crippen LogP contribution in [-0.4, -0.2) is 30.2 Å². The number of ether oxygens (including phenoxy) is 1. The highest BCUT2D eigenvalue weighted by atomic mass is 35.5. The monoisotopic (exact) mass is 292 g/mol. The average Bonchev–Trinajstić information content (AvgIpc) is 2.47. The van der Waals surface area contributed by atoms with E-state index in [1.807, 2.05) is 30.3 Å². The lowest BCUT2D eigenvalue weighted by atomic mass is 10.2. The first-order valence-electron chi connectivity index (χ1n) is 6.32. The van der Waals surface area contributed by atoms with Gasteiger partial charge in [-0.15, -0.1) is 0 Å². The summed E-state index contributed by atoms with van der Waals surface area (Å²) in [6.07, 6.45) is 1.71. The number of rotatable bonds is 7. The van der Waals surface area contributed by atoms with Crippen molar-refractivity contribution in [2.24, 2.45) is 0 Å². The number of benzene rings is 1. The van der Waals surface area contributed by atoms with Crippen molar-refractivity contribution >= 4 is 23.4 Å². The molecule has 0 atom stereocenters. The van der Waals surface area contributed by atoms with Crippen LogP contribution in [0.1, 0.15) is 5.56 Å². The van der Waals surface area contributed by atoms with E-state index in [4.69, 9.17) is 16.3 Å². The third-order valence-corrected chi connectivity index (χ3v) is 2.88. The van der Waals surface area contributed by atoms with E-state index in [9.17, 15) is 0 Å². The Morgan fingerprint density at radius 2 is 1.95 bits per heavy atom. The van der Waals surface area contributed by atoms with Crippen LogP contribution in [0, 0.1) is 0 Å². The highest BCUT2D eigenvalue weighted by Gasteiger charge is 1.99. The maximum atomic E-state index is 5.85. The van der Waals surface area contributed by atoms with Crippen LogP contribution in [0.2, 0.25) is 5.02 Å². The zero-order valence-corrected chi connectivity index (χ0v) is 12.0. The van der Waals surface area contributed by atoms with Gasteiger partial charge in [-0.2, -0.15) is 4.98 Å². The minimum Gasteiger partial charge on any atom is -0.383 e. The fourth-order valence-electron chi connectivity index (χ4n) is 1.61. The molecule has 20 heavy (non-hydrogen) atoms. The van der Waals surface area contributed by atoms with Crippen LogP contribution in [0.15, 0.2) is 36.5 Å². The lowest BCUT2D eigenvalue weighted by Crippen LogP contribution is -2.10. The van der Waals surface area contributed by atoms with Gasteiger partial charge in [0.05, 0.1) is 6.61 Å². The summed E-state index contributed by atoms with van der Waals surface area (Å²) in [5.74, 6) is 1.36. The van der Waals surface area contributed by atoms with Gasteiger partial charge in [0.15, 0.2) is 0 Å². The van der Waals surface area contributed by atoms with Crippen LogP contribution < -0.4 is 10.6 Å². The van der Waals surface area contributed by atoms with Crippen LogP contribution >= 0.6 is 11.6 Å². The van der Waals surface area contributed by atoms with Crippen LogP contribution in [0.5, 0.6) is 0 Å². The van der Waals surface area contributed by atoms with Crippen molar-refractivity contribution in [2.75, 3.05) is 30.9 Å². The smallest absolute Gasteiger partial charge is 0.224 e. The molecule has 1 heterocycles. The number of hydrogen-bond acceptors (Lipinski definition) is 5. The van der Waals surface area contributed by atoms with Crippen molar-refractivity contribution in [3.63, 3.8) is 0 Å². The highest BCUT2D eigenvalue weighted by Crippen LogP contribution is 2.11. The molecule has 0 radical (unpaired) electrons. The van der Waals surface area contributed by atoms with Crippen LogP contribution in [0.4, 0.5) is 11.8 Å². The predicted octanol–water partition coefficient (Wildman–Crippen LogP) is 2.80. The molecule has 0 fully saturated rings. The quantitative estimate of drug-likeness (QED) is 0.769. The van der Waals surface area contributed by atoms with Gasteiger partial charge in [-0.1, -0.05) is 23.7 Å². The maximum absolute atomic E-state index is 5.85. The Morgan fingerprint density at radius 1 is 1.15 bits per heavy atom. The second-order valence-corrected chi connectivity index (χ2v) is 4.60. The molecule has 2 N–H and O–H groups in total. The molecule has 0 aliphatic rings. The summed E-state index contributed by atoms with van der Waals surface area (Å²) in [5.41, 5.74) is 1.12. The van der Waals surface area contributed by atoms with Gasteiger partial charge in [0.1, 0.15) is 5.82 Å². The number of anilines is 2. The van der Waals surface area contributed by atoms with E-state index >= 15 is 0 Å². The summed E-state index contributed by atoms with van der Waals surface area (Å²) in [6.45, 7) is 2.00. The Kier molecular flexibility index (Phi) is 5.58. The van der Waals surface area contributed by atoms with E-state index in [1.54, 1.807) is 13.3 Å². The first-order valence-corrected chi connectivity index (χ1v) is 6.70. The van der Waals surface area contributed by atoms with Gasteiger partial charge < -0.3 is 15.4 Å². The van der Waals surface area contributed by atoms with Crippen molar-refractivity contribution in [1.29, 1.82) is 0 Å². The molecule has 1 aromatic carbocycles. The Bertz CT molecular complexity index is 533. The molecule has 2 aromatic rings. The minimum atomic E-state index is 0.586. The standard InChI is InChI=1S/C14H17ClN4O/c1-20-9-8-16-13-6-7-17-14(19-13)18-10-11-2-4-12(15)5-3-11/h2-7H,8-10H2,1H3,(H2,16,17,18,19). The van der Waals surface area contributed by atoms with Gasteiger partial charge in [-0.05, 0) is 23.8 Å². The van der Waals surface area contributed by atoms with Crippen molar-refractivity contribution in [3.8, 4) is 0 Å². The Labute approximate surface area is 123 Å². The summed E-state index contributed by atoms with van der Waals surface area (Å²) in [7, 11) is 1.67. The summed E-state index contributed by atoms with van der Waals surface area (Å²) in [4.78, 5) is 8.54. The molecule has 0 saturated heterocycles. The van der Waals surface area contributed by atoms with Crippen LogP contribution in [0.3, 0.4) is 0 Å². The fourth-order valence-corrected chi connectivity index (χ4v) is 1.73. The largest absolute Gasteiger partial charge is 0.383 e. The second-order valence-electron chi connectivity index (χ2n) is 4.17. The number of nitrogens with zero attached hydrogens (tertiary/aromatic N) is 2. The molecule has 0 amide bonds. The lowest BCUT2D eigenvalue weighted by Gasteiger charge is -2.08. The molecule has 0 saturated carbocycles. The number of aromatic nitrogens is 2. The molecule has 0 aliphatic carbocycles. The molecule has 1 aromatic heterocycles. The fraction of sp³-hybridized carbons (Fsp3) is 0.286. The Balaban J connectivity index is 1.89. The normalized spacial score (nSPS) is 10.3. The first kappa shape index (κ1) is 14.6. The molecule has 2 rings (SSSR count). The van der Waals surface area contributed by atoms with E-state index in [0.717, 1.165) is 16.4 Å². The van der Waals surface area contributed by atoms with E-state index in [1.165, 1.54) is 0 Å². The molecule has 0 spiro atoms. The maximum Gasteiger partial charge on any atom is 0.224 e. The molecule has 5 nitrogen and oxygen atoms in total. The second kappa shape index (κ2) is 7.67. The molecule has 106 valence electrons. The summed E-state index contributed by atoms with van der Waals surface area (Å²) in [6, 6.07) is 9.49. The third-order valence-electron chi connectivity index (χ3n) is 2.63. The van der Waals surface area contributed by atoms with Crippen LogP contribution in [0.25, 0.3) is 0 Å². The summed E-state index contributed by atoms with van der Waals surface area (Å²) in [5, 5.41) is 7.06. The van der Waals surface area contributed by atoms with Gasteiger partial charge in [0, 0.05) is 31.4 Å². The lowest BCUT2D eigenvalue weighted by molar-refractivity contribution is 0.210. The zero-order valence-electron chi connectivity index (χ0n) is 11.3.